The topological polar surface area (TPSA) is 67.8 Å². The highest BCUT2D eigenvalue weighted by Gasteiger charge is 2.37. The Bertz CT molecular complexity index is 1100. The molecule has 0 radical (unpaired) electrons. The molecule has 0 aromatic heterocycles. The summed E-state index contributed by atoms with van der Waals surface area (Å²) in [7, 11) is 0. The Labute approximate surface area is 198 Å². The molecule has 1 aliphatic heterocycles. The number of ketones is 1. The maximum absolute atomic E-state index is 12.4. The molecule has 2 aromatic rings. The first kappa shape index (κ1) is 25.1. The number of carbonyl (C=O) groups is 2. The second kappa shape index (κ2) is 9.73. The van der Waals surface area contributed by atoms with Gasteiger partial charge in [0.1, 0.15) is 0 Å². The molecule has 0 saturated heterocycles. The van der Waals surface area contributed by atoms with E-state index in [1.54, 1.807) is 43.3 Å². The van der Waals surface area contributed by atoms with E-state index in [0.29, 0.717) is 33.3 Å². The van der Waals surface area contributed by atoms with Crippen molar-refractivity contribution in [2.45, 2.75) is 44.9 Å². The molecule has 0 saturated carbocycles. The largest absolute Gasteiger partial charge is 0.389 e. The summed E-state index contributed by atoms with van der Waals surface area (Å²) >= 11 is 12.2. The zero-order valence-electron chi connectivity index (χ0n) is 17.9. The Morgan fingerprint density at radius 3 is 2.42 bits per heavy atom. The molecule has 0 fully saturated rings. The van der Waals surface area contributed by atoms with Crippen molar-refractivity contribution in [3.8, 4) is 0 Å². The van der Waals surface area contributed by atoms with Crippen molar-refractivity contribution in [3.05, 3.63) is 68.7 Å². The first-order valence-corrected chi connectivity index (χ1v) is 10.8. The summed E-state index contributed by atoms with van der Waals surface area (Å²) in [6.07, 6.45) is -5.84. The number of halogens is 5. The predicted molar refractivity (Wildman–Crippen MR) is 120 cm³/mol. The molecule has 3 rings (SSSR count). The van der Waals surface area contributed by atoms with Crippen LogP contribution in [0.4, 0.5) is 13.2 Å². The van der Waals surface area contributed by atoms with Crippen molar-refractivity contribution in [3.63, 3.8) is 0 Å². The van der Waals surface area contributed by atoms with Gasteiger partial charge in [0.25, 0.3) is 5.91 Å². The predicted octanol–water partition coefficient (Wildman–Crippen LogP) is 5.98. The van der Waals surface area contributed by atoms with E-state index in [4.69, 9.17) is 28.0 Å². The molecule has 1 unspecified atom stereocenters. The summed E-state index contributed by atoms with van der Waals surface area (Å²) in [5.74, 6) is -1.23. The number of rotatable bonds is 7. The SMILES string of the molecule is Cc1cc(C2=NOC(C)(c3cc(Cl)cc(Cl)c3)C2)ccc1C(=O)NCC(=O)CCC(F)(F)F. The number of carbonyl (C=O) groups excluding carboxylic acids is 2. The molecule has 10 heteroatoms. The van der Waals surface area contributed by atoms with Gasteiger partial charge in [0.2, 0.25) is 0 Å². The van der Waals surface area contributed by atoms with Crippen molar-refractivity contribution >= 4 is 40.6 Å². The number of Topliss-reactive ketones (excluding diaryl/α,β-unsaturated/α-hetero) is 1. The maximum atomic E-state index is 12.4. The smallest absolute Gasteiger partial charge is 0.384 e. The Balaban J connectivity index is 1.65. The highest BCUT2D eigenvalue weighted by molar-refractivity contribution is 6.34. The molecule has 1 amide bonds. The fourth-order valence-corrected chi connectivity index (χ4v) is 3.98. The third kappa shape index (κ3) is 6.48. The fraction of sp³-hybridized carbons (Fsp3) is 0.348. The van der Waals surface area contributed by atoms with Gasteiger partial charge < -0.3 is 10.2 Å². The van der Waals surface area contributed by atoms with Crippen LogP contribution in [-0.4, -0.2) is 30.1 Å². The van der Waals surface area contributed by atoms with E-state index in [1.165, 1.54) is 0 Å². The van der Waals surface area contributed by atoms with Gasteiger partial charge >= 0.3 is 6.18 Å². The summed E-state index contributed by atoms with van der Waals surface area (Å²) < 4.78 is 36.6. The van der Waals surface area contributed by atoms with Gasteiger partial charge in [-0.3, -0.25) is 9.59 Å². The number of amides is 1. The molecule has 1 aliphatic rings. The molecule has 0 aliphatic carbocycles. The van der Waals surface area contributed by atoms with Crippen LogP contribution in [0.25, 0.3) is 0 Å². The van der Waals surface area contributed by atoms with Gasteiger partial charge in [-0.05, 0) is 55.3 Å². The van der Waals surface area contributed by atoms with Crippen LogP contribution >= 0.6 is 23.2 Å². The third-order valence-corrected chi connectivity index (χ3v) is 5.71. The molecule has 5 nitrogen and oxygen atoms in total. The van der Waals surface area contributed by atoms with Gasteiger partial charge in [-0.2, -0.15) is 13.2 Å². The zero-order valence-corrected chi connectivity index (χ0v) is 19.4. The lowest BCUT2D eigenvalue weighted by molar-refractivity contribution is -0.142. The lowest BCUT2D eigenvalue weighted by Crippen LogP contribution is -2.30. The molecular formula is C23H21Cl2F3N2O3. The van der Waals surface area contributed by atoms with Crippen LogP contribution < -0.4 is 5.32 Å². The number of alkyl halides is 3. The van der Waals surface area contributed by atoms with Crippen molar-refractivity contribution in [2.75, 3.05) is 6.54 Å². The van der Waals surface area contributed by atoms with Gasteiger partial charge in [-0.1, -0.05) is 34.4 Å². The average molecular weight is 501 g/mol. The molecule has 0 bridgehead atoms. The molecule has 1 atom stereocenters. The highest BCUT2D eigenvalue weighted by Crippen LogP contribution is 2.38. The second-order valence-corrected chi connectivity index (χ2v) is 8.93. The van der Waals surface area contributed by atoms with E-state index in [9.17, 15) is 22.8 Å². The molecule has 1 N–H and O–H groups in total. The molecule has 176 valence electrons. The quantitative estimate of drug-likeness (QED) is 0.508. The Hall–Kier alpha value is -2.58. The van der Waals surface area contributed by atoms with Gasteiger partial charge in [0.15, 0.2) is 11.4 Å². The van der Waals surface area contributed by atoms with Crippen molar-refractivity contribution < 1.29 is 27.6 Å². The normalized spacial score (nSPS) is 18.0. The summed E-state index contributed by atoms with van der Waals surface area (Å²) in [6.45, 7) is 3.13. The summed E-state index contributed by atoms with van der Waals surface area (Å²) in [5.41, 5.74) is 2.38. The van der Waals surface area contributed by atoms with Crippen LogP contribution in [0.2, 0.25) is 10.0 Å². The Kier molecular flexibility index (Phi) is 7.39. The number of hydrogen-bond donors (Lipinski definition) is 1. The lowest BCUT2D eigenvalue weighted by Gasteiger charge is -2.22. The standard InChI is InChI=1S/C23H21Cl2F3N2O3/c1-13-7-14(3-4-19(13)21(32)29-12-18(31)5-6-23(26,27)28)20-11-22(2,33-30-20)15-8-16(24)10-17(25)9-15/h3-4,7-10H,5-6,11-12H2,1-2H3,(H,29,32). The minimum atomic E-state index is -4.41. The van der Waals surface area contributed by atoms with Gasteiger partial charge in [-0.25, -0.2) is 0 Å². The third-order valence-electron chi connectivity index (χ3n) is 5.27. The second-order valence-electron chi connectivity index (χ2n) is 8.06. The van der Waals surface area contributed by atoms with Crippen LogP contribution in [0.3, 0.4) is 0 Å². The summed E-state index contributed by atoms with van der Waals surface area (Å²) in [6, 6.07) is 10.2. The molecule has 1 heterocycles. The number of nitrogens with one attached hydrogen (secondary N) is 1. The number of aryl methyl sites for hydroxylation is 1. The molecule has 0 spiro atoms. The van der Waals surface area contributed by atoms with Crippen molar-refractivity contribution in [1.29, 1.82) is 0 Å². The van der Waals surface area contributed by atoms with Gasteiger partial charge in [0, 0.05) is 34.0 Å². The number of hydrogen-bond acceptors (Lipinski definition) is 4. The van der Waals surface area contributed by atoms with Crippen LogP contribution in [0, 0.1) is 6.92 Å². The lowest BCUT2D eigenvalue weighted by atomic mass is 9.88. The van der Waals surface area contributed by atoms with Crippen molar-refractivity contribution in [2.24, 2.45) is 5.16 Å². The average Bonchev–Trinajstić information content (AvgIpc) is 3.13. The molecular weight excluding hydrogens is 480 g/mol. The van der Waals surface area contributed by atoms with Crippen molar-refractivity contribution in [1.82, 2.24) is 5.32 Å². The van der Waals surface area contributed by atoms with E-state index >= 15 is 0 Å². The Morgan fingerprint density at radius 2 is 1.82 bits per heavy atom. The zero-order chi connectivity index (χ0) is 24.4. The number of nitrogens with zero attached hydrogens (tertiary/aromatic N) is 1. The number of oxime groups is 1. The molecule has 33 heavy (non-hydrogen) atoms. The van der Waals surface area contributed by atoms with E-state index in [2.05, 4.69) is 10.5 Å². The van der Waals surface area contributed by atoms with Gasteiger partial charge in [0.05, 0.1) is 18.7 Å². The van der Waals surface area contributed by atoms with Gasteiger partial charge in [-0.15, -0.1) is 0 Å². The first-order valence-electron chi connectivity index (χ1n) is 10.1. The van der Waals surface area contributed by atoms with E-state index in [-0.39, 0.29) is 0 Å². The minimum absolute atomic E-state index is 0.311. The summed E-state index contributed by atoms with van der Waals surface area (Å²) in [4.78, 5) is 29.7. The van der Waals surface area contributed by atoms with Crippen LogP contribution in [0.1, 0.15) is 53.2 Å². The highest BCUT2D eigenvalue weighted by atomic mass is 35.5. The van der Waals surface area contributed by atoms with E-state index in [0.717, 1.165) is 11.1 Å². The van der Waals surface area contributed by atoms with Crippen LogP contribution in [-0.2, 0) is 15.2 Å². The fourth-order valence-electron chi connectivity index (χ4n) is 3.45. The number of benzene rings is 2. The maximum Gasteiger partial charge on any atom is 0.389 e. The van der Waals surface area contributed by atoms with E-state index in [1.807, 2.05) is 6.92 Å². The summed E-state index contributed by atoms with van der Waals surface area (Å²) in [5, 5.41) is 7.55. The minimum Gasteiger partial charge on any atom is -0.384 e. The molecule has 2 aromatic carbocycles. The van der Waals surface area contributed by atoms with E-state index < -0.39 is 42.9 Å². The monoisotopic (exact) mass is 500 g/mol. The van der Waals surface area contributed by atoms with Crippen LogP contribution in [0.5, 0.6) is 0 Å². The Morgan fingerprint density at radius 1 is 1.15 bits per heavy atom. The first-order chi connectivity index (χ1) is 15.4. The van der Waals surface area contributed by atoms with Crippen LogP contribution in [0.15, 0.2) is 41.6 Å².